The molecule has 7 heteroatoms. The van der Waals surface area contributed by atoms with Gasteiger partial charge in [-0.05, 0) is 67.5 Å². The van der Waals surface area contributed by atoms with Gasteiger partial charge < -0.3 is 19.7 Å². The number of benzene rings is 2. The number of ether oxygens (including phenoxy) is 1. The number of carboxylic acid groups (broad SMARTS) is 1. The standard InChI is InChI=1S/C25H27ClN2O4/c1-32-21-12-19-10-11-28(15-17-4-8-20(26)9-5-17)23(19)22(13-21)24(29)27-14-16-2-6-18(7-3-16)25(30)31/h4-5,8-13,16,18H,2-3,6-7,14-15H2,1H3,(H,27,29)(H,30,31)/t16-,18-. The van der Waals surface area contributed by atoms with E-state index in [1.54, 1.807) is 13.2 Å². The summed E-state index contributed by atoms with van der Waals surface area (Å²) in [6.45, 7) is 1.16. The largest absolute Gasteiger partial charge is 0.497 e. The molecule has 2 aromatic carbocycles. The number of aromatic nitrogens is 1. The quantitative estimate of drug-likeness (QED) is 0.528. The second-order valence-corrected chi connectivity index (χ2v) is 8.89. The Morgan fingerprint density at radius 3 is 2.50 bits per heavy atom. The van der Waals surface area contributed by atoms with Gasteiger partial charge in [-0.25, -0.2) is 0 Å². The maximum Gasteiger partial charge on any atom is 0.306 e. The lowest BCUT2D eigenvalue weighted by Gasteiger charge is -2.26. The van der Waals surface area contributed by atoms with E-state index in [9.17, 15) is 14.7 Å². The highest BCUT2D eigenvalue weighted by atomic mass is 35.5. The van der Waals surface area contributed by atoms with Crippen molar-refractivity contribution in [2.45, 2.75) is 32.2 Å². The number of amides is 1. The number of methoxy groups -OCH3 is 1. The first kappa shape index (κ1) is 22.2. The van der Waals surface area contributed by atoms with E-state index in [1.807, 2.05) is 42.6 Å². The van der Waals surface area contributed by atoms with Crippen LogP contribution >= 0.6 is 11.6 Å². The molecule has 0 unspecified atom stereocenters. The van der Waals surface area contributed by atoms with Gasteiger partial charge in [-0.2, -0.15) is 0 Å². The molecule has 4 rings (SSSR count). The lowest BCUT2D eigenvalue weighted by Crippen LogP contribution is -2.32. The zero-order valence-electron chi connectivity index (χ0n) is 18.0. The number of rotatable bonds is 7. The van der Waals surface area contributed by atoms with Crippen LogP contribution in [0.15, 0.2) is 48.7 Å². The summed E-state index contributed by atoms with van der Waals surface area (Å²) in [5.41, 5.74) is 2.51. The Labute approximate surface area is 192 Å². The maximum atomic E-state index is 13.2. The van der Waals surface area contributed by atoms with Crippen LogP contribution in [0.1, 0.15) is 41.6 Å². The number of carboxylic acids is 1. The topological polar surface area (TPSA) is 80.6 Å². The van der Waals surface area contributed by atoms with Gasteiger partial charge in [0.05, 0.1) is 24.1 Å². The van der Waals surface area contributed by atoms with Gasteiger partial charge in [0.1, 0.15) is 5.75 Å². The molecule has 1 heterocycles. The third-order valence-electron chi connectivity index (χ3n) is 6.33. The summed E-state index contributed by atoms with van der Waals surface area (Å²) < 4.78 is 7.48. The van der Waals surface area contributed by atoms with Gasteiger partial charge in [-0.15, -0.1) is 0 Å². The van der Waals surface area contributed by atoms with Crippen LogP contribution in [0.25, 0.3) is 10.9 Å². The molecule has 6 nitrogen and oxygen atoms in total. The zero-order valence-corrected chi connectivity index (χ0v) is 18.8. The molecule has 1 amide bonds. The molecule has 1 aliphatic rings. The predicted octanol–water partition coefficient (Wildman–Crippen LogP) is 4.97. The Hall–Kier alpha value is -2.99. The van der Waals surface area contributed by atoms with Crippen molar-refractivity contribution in [2.24, 2.45) is 11.8 Å². The fourth-order valence-electron chi connectivity index (χ4n) is 4.48. The number of carbonyl (C=O) groups is 2. The molecule has 32 heavy (non-hydrogen) atoms. The number of nitrogens with zero attached hydrogens (tertiary/aromatic N) is 1. The second-order valence-electron chi connectivity index (χ2n) is 8.45. The maximum absolute atomic E-state index is 13.2. The normalized spacial score (nSPS) is 18.4. The van der Waals surface area contributed by atoms with Crippen molar-refractivity contribution in [3.63, 3.8) is 0 Å². The van der Waals surface area contributed by atoms with Gasteiger partial charge in [0.2, 0.25) is 0 Å². The summed E-state index contributed by atoms with van der Waals surface area (Å²) in [5.74, 6) is -0.181. The Balaban J connectivity index is 1.53. The lowest BCUT2D eigenvalue weighted by atomic mass is 9.82. The van der Waals surface area contributed by atoms with Gasteiger partial charge in [0, 0.05) is 29.7 Å². The zero-order chi connectivity index (χ0) is 22.7. The van der Waals surface area contributed by atoms with Crippen molar-refractivity contribution in [1.82, 2.24) is 9.88 Å². The molecular weight excluding hydrogens is 428 g/mol. The van der Waals surface area contributed by atoms with E-state index in [0.29, 0.717) is 48.2 Å². The third kappa shape index (κ3) is 4.91. The predicted molar refractivity (Wildman–Crippen MR) is 124 cm³/mol. The Kier molecular flexibility index (Phi) is 6.70. The number of fused-ring (bicyclic) bond motifs is 1. The van der Waals surface area contributed by atoms with Crippen LogP contribution in [0.3, 0.4) is 0 Å². The Morgan fingerprint density at radius 1 is 1.12 bits per heavy atom. The first-order valence-electron chi connectivity index (χ1n) is 10.9. The Bertz CT molecular complexity index is 1110. The summed E-state index contributed by atoms with van der Waals surface area (Å²) in [7, 11) is 1.59. The van der Waals surface area contributed by atoms with E-state index in [2.05, 4.69) is 9.88 Å². The first-order chi connectivity index (χ1) is 15.4. The van der Waals surface area contributed by atoms with Gasteiger partial charge in [-0.3, -0.25) is 9.59 Å². The molecule has 1 aromatic heterocycles. The molecular formula is C25H27ClN2O4. The lowest BCUT2D eigenvalue weighted by molar-refractivity contribution is -0.143. The van der Waals surface area contributed by atoms with E-state index < -0.39 is 5.97 Å². The van der Waals surface area contributed by atoms with Crippen LogP contribution in [-0.2, 0) is 11.3 Å². The molecule has 0 aliphatic heterocycles. The summed E-state index contributed by atoms with van der Waals surface area (Å²) in [6.07, 6.45) is 4.95. The van der Waals surface area contributed by atoms with Crippen LogP contribution in [0, 0.1) is 11.8 Å². The van der Waals surface area contributed by atoms with Gasteiger partial charge in [-0.1, -0.05) is 23.7 Å². The fraction of sp³-hybridized carbons (Fsp3) is 0.360. The van der Waals surface area contributed by atoms with E-state index in [1.165, 1.54) is 0 Å². The minimum Gasteiger partial charge on any atom is -0.497 e. The monoisotopic (exact) mass is 454 g/mol. The van der Waals surface area contributed by atoms with Crippen molar-refractivity contribution in [1.29, 1.82) is 0 Å². The smallest absolute Gasteiger partial charge is 0.306 e. The molecule has 0 saturated heterocycles. The molecule has 0 bridgehead atoms. The number of carbonyl (C=O) groups excluding carboxylic acids is 1. The highest BCUT2D eigenvalue weighted by Crippen LogP contribution is 2.30. The van der Waals surface area contributed by atoms with Crippen LogP contribution in [0.4, 0.5) is 0 Å². The van der Waals surface area contributed by atoms with Crippen molar-refractivity contribution < 1.29 is 19.4 Å². The van der Waals surface area contributed by atoms with Crippen molar-refractivity contribution >= 4 is 34.4 Å². The summed E-state index contributed by atoms with van der Waals surface area (Å²) in [5, 5.41) is 13.9. The number of aliphatic carboxylic acids is 1. The summed E-state index contributed by atoms with van der Waals surface area (Å²) in [4.78, 5) is 24.4. The average molecular weight is 455 g/mol. The number of halogens is 1. The Morgan fingerprint density at radius 2 is 1.84 bits per heavy atom. The van der Waals surface area contributed by atoms with Crippen LogP contribution in [0.5, 0.6) is 5.75 Å². The van der Waals surface area contributed by atoms with E-state index in [-0.39, 0.29) is 11.8 Å². The van der Waals surface area contributed by atoms with Crippen molar-refractivity contribution in [3.8, 4) is 5.75 Å². The van der Waals surface area contributed by atoms with Crippen LogP contribution in [0.2, 0.25) is 5.02 Å². The van der Waals surface area contributed by atoms with E-state index in [0.717, 1.165) is 29.3 Å². The van der Waals surface area contributed by atoms with Crippen LogP contribution in [-0.4, -0.2) is 35.2 Å². The highest BCUT2D eigenvalue weighted by molar-refractivity contribution is 6.30. The number of nitrogens with one attached hydrogen (secondary N) is 1. The van der Waals surface area contributed by atoms with Crippen LogP contribution < -0.4 is 10.1 Å². The molecule has 1 fully saturated rings. The molecule has 0 radical (unpaired) electrons. The van der Waals surface area contributed by atoms with E-state index >= 15 is 0 Å². The molecule has 1 aliphatic carbocycles. The summed E-state index contributed by atoms with van der Waals surface area (Å²) in [6, 6.07) is 13.4. The minimum absolute atomic E-state index is 0.148. The van der Waals surface area contributed by atoms with Gasteiger partial charge >= 0.3 is 5.97 Å². The minimum atomic E-state index is -0.715. The van der Waals surface area contributed by atoms with Crippen molar-refractivity contribution in [2.75, 3.05) is 13.7 Å². The van der Waals surface area contributed by atoms with E-state index in [4.69, 9.17) is 16.3 Å². The first-order valence-corrected chi connectivity index (χ1v) is 11.2. The third-order valence-corrected chi connectivity index (χ3v) is 6.58. The van der Waals surface area contributed by atoms with Gasteiger partial charge in [0.15, 0.2) is 0 Å². The molecule has 1 saturated carbocycles. The SMILES string of the molecule is COc1cc(C(=O)NC[C@H]2CC[C@H](C(=O)O)CC2)c2c(ccn2Cc2ccc(Cl)cc2)c1. The number of hydrogen-bond donors (Lipinski definition) is 2. The molecule has 0 atom stereocenters. The van der Waals surface area contributed by atoms with Crippen molar-refractivity contribution in [3.05, 3.63) is 64.8 Å². The second kappa shape index (κ2) is 9.65. The average Bonchev–Trinajstić information content (AvgIpc) is 3.21. The van der Waals surface area contributed by atoms with Gasteiger partial charge in [0.25, 0.3) is 5.91 Å². The molecule has 0 spiro atoms. The molecule has 2 N–H and O–H groups in total. The number of hydrogen-bond acceptors (Lipinski definition) is 3. The fourth-order valence-corrected chi connectivity index (χ4v) is 4.60. The molecule has 168 valence electrons. The highest BCUT2D eigenvalue weighted by Gasteiger charge is 2.26. The molecule has 3 aromatic rings. The summed E-state index contributed by atoms with van der Waals surface area (Å²) >= 11 is 6.01.